The van der Waals surface area contributed by atoms with Crippen LogP contribution >= 0.6 is 39.1 Å². The van der Waals surface area contributed by atoms with Crippen LogP contribution in [-0.2, 0) is 9.84 Å². The number of carbonyl (C=O) groups is 1. The molecule has 0 aliphatic carbocycles. The van der Waals surface area contributed by atoms with Gasteiger partial charge in [0.2, 0.25) is 0 Å². The molecule has 0 saturated carbocycles. The lowest BCUT2D eigenvalue weighted by molar-refractivity contribution is 0.102. The van der Waals surface area contributed by atoms with Crippen LogP contribution in [0.2, 0.25) is 10.0 Å². The number of hydrogen-bond acceptors (Lipinski definition) is 3. The third kappa shape index (κ3) is 4.26. The lowest BCUT2D eigenvalue weighted by atomic mass is 10.1. The number of nitrogens with one attached hydrogen (secondary N) is 1. The van der Waals surface area contributed by atoms with Crippen molar-refractivity contribution in [3.05, 3.63) is 56.0 Å². The van der Waals surface area contributed by atoms with E-state index in [1.807, 2.05) is 6.07 Å². The lowest BCUT2D eigenvalue weighted by Gasteiger charge is -2.12. The van der Waals surface area contributed by atoms with E-state index in [-0.39, 0.29) is 15.5 Å². The van der Waals surface area contributed by atoms with E-state index in [0.717, 1.165) is 16.3 Å². The van der Waals surface area contributed by atoms with Crippen molar-refractivity contribution in [1.29, 1.82) is 0 Å². The number of benzene rings is 2. The molecule has 122 valence electrons. The summed E-state index contributed by atoms with van der Waals surface area (Å²) in [7, 11) is -3.53. The minimum atomic E-state index is -3.53. The van der Waals surface area contributed by atoms with Gasteiger partial charge < -0.3 is 5.32 Å². The predicted octanol–water partition coefficient (Wildman–Crippen LogP) is 4.72. The summed E-state index contributed by atoms with van der Waals surface area (Å²) in [6.07, 6.45) is 1.03. The standard InChI is InChI=1S/C15H12BrCl2NO3S/c1-8-5-10(16)7-12(18)14(8)19-15(20)9-3-4-11(17)13(6-9)23(2,21)22/h3-7H,1-2H3,(H,19,20). The molecule has 2 aromatic rings. The Labute approximate surface area is 152 Å². The van der Waals surface area contributed by atoms with Gasteiger partial charge in [-0.05, 0) is 42.8 Å². The summed E-state index contributed by atoms with van der Waals surface area (Å²) in [6.45, 7) is 1.80. The van der Waals surface area contributed by atoms with Gasteiger partial charge in [-0.15, -0.1) is 0 Å². The van der Waals surface area contributed by atoms with Crippen LogP contribution in [0.1, 0.15) is 15.9 Å². The van der Waals surface area contributed by atoms with E-state index in [4.69, 9.17) is 23.2 Å². The van der Waals surface area contributed by atoms with E-state index in [2.05, 4.69) is 21.2 Å². The minimum absolute atomic E-state index is 0.0712. The zero-order chi connectivity index (χ0) is 17.4. The average Bonchev–Trinajstić information content (AvgIpc) is 2.41. The van der Waals surface area contributed by atoms with Crippen molar-refractivity contribution >= 4 is 60.6 Å². The molecule has 2 aromatic carbocycles. The number of anilines is 1. The van der Waals surface area contributed by atoms with E-state index in [1.165, 1.54) is 18.2 Å². The van der Waals surface area contributed by atoms with Crippen molar-refractivity contribution in [2.24, 2.45) is 0 Å². The van der Waals surface area contributed by atoms with Crippen molar-refractivity contribution in [2.45, 2.75) is 11.8 Å². The Bertz CT molecular complexity index is 875. The molecular formula is C15H12BrCl2NO3S. The first-order valence-electron chi connectivity index (χ1n) is 6.36. The first-order chi connectivity index (χ1) is 10.6. The smallest absolute Gasteiger partial charge is 0.255 e. The molecule has 0 aliphatic heterocycles. The molecule has 4 nitrogen and oxygen atoms in total. The van der Waals surface area contributed by atoms with Crippen molar-refractivity contribution in [1.82, 2.24) is 0 Å². The lowest BCUT2D eigenvalue weighted by Crippen LogP contribution is -2.14. The van der Waals surface area contributed by atoms with Crippen LogP contribution in [-0.4, -0.2) is 20.6 Å². The molecule has 1 amide bonds. The number of sulfone groups is 1. The van der Waals surface area contributed by atoms with Gasteiger partial charge in [-0.1, -0.05) is 39.1 Å². The van der Waals surface area contributed by atoms with Crippen LogP contribution in [0.4, 0.5) is 5.69 Å². The Balaban J connectivity index is 2.40. The van der Waals surface area contributed by atoms with Gasteiger partial charge in [-0.3, -0.25) is 4.79 Å². The molecule has 0 fully saturated rings. The summed E-state index contributed by atoms with van der Waals surface area (Å²) in [4.78, 5) is 12.3. The number of rotatable bonds is 3. The van der Waals surface area contributed by atoms with Crippen molar-refractivity contribution in [2.75, 3.05) is 11.6 Å². The highest BCUT2D eigenvalue weighted by molar-refractivity contribution is 9.10. The van der Waals surface area contributed by atoms with Crippen LogP contribution < -0.4 is 5.32 Å². The summed E-state index contributed by atoms with van der Waals surface area (Å²) < 4.78 is 24.2. The maximum Gasteiger partial charge on any atom is 0.255 e. The predicted molar refractivity (Wildman–Crippen MR) is 96.4 cm³/mol. The van der Waals surface area contributed by atoms with Crippen LogP contribution in [0.5, 0.6) is 0 Å². The van der Waals surface area contributed by atoms with Gasteiger partial charge in [0.1, 0.15) is 0 Å². The highest BCUT2D eigenvalue weighted by Crippen LogP contribution is 2.30. The van der Waals surface area contributed by atoms with Gasteiger partial charge in [0, 0.05) is 16.3 Å². The molecule has 0 bridgehead atoms. The Kier molecular flexibility index (Phi) is 5.41. The Morgan fingerprint density at radius 1 is 1.13 bits per heavy atom. The zero-order valence-corrected chi connectivity index (χ0v) is 16.1. The van der Waals surface area contributed by atoms with E-state index >= 15 is 0 Å². The Morgan fingerprint density at radius 2 is 1.78 bits per heavy atom. The van der Waals surface area contributed by atoms with Crippen LogP contribution in [0.15, 0.2) is 39.7 Å². The molecule has 0 atom stereocenters. The van der Waals surface area contributed by atoms with Crippen molar-refractivity contribution < 1.29 is 13.2 Å². The van der Waals surface area contributed by atoms with Crippen LogP contribution in [0.3, 0.4) is 0 Å². The average molecular weight is 437 g/mol. The fraction of sp³-hybridized carbons (Fsp3) is 0.133. The number of carbonyl (C=O) groups excluding carboxylic acids is 1. The summed E-state index contributed by atoms with van der Waals surface area (Å²) in [5.74, 6) is -0.473. The molecule has 0 radical (unpaired) electrons. The number of amides is 1. The molecule has 1 N–H and O–H groups in total. The summed E-state index contributed by atoms with van der Waals surface area (Å²) in [6, 6.07) is 7.55. The molecule has 8 heteroatoms. The highest BCUT2D eigenvalue weighted by Gasteiger charge is 2.17. The summed E-state index contributed by atoms with van der Waals surface area (Å²) >= 11 is 15.3. The maximum absolute atomic E-state index is 12.4. The second kappa shape index (κ2) is 6.81. The van der Waals surface area contributed by atoms with E-state index in [0.29, 0.717) is 10.7 Å². The first-order valence-corrected chi connectivity index (χ1v) is 9.80. The normalized spacial score (nSPS) is 11.3. The second-order valence-electron chi connectivity index (χ2n) is 4.95. The summed E-state index contributed by atoms with van der Waals surface area (Å²) in [5.41, 5.74) is 1.42. The van der Waals surface area contributed by atoms with Gasteiger partial charge in [-0.2, -0.15) is 0 Å². The molecule has 0 heterocycles. The largest absolute Gasteiger partial charge is 0.320 e. The molecule has 2 rings (SSSR count). The van der Waals surface area contributed by atoms with Gasteiger partial charge in [0.15, 0.2) is 9.84 Å². The number of hydrogen-bond donors (Lipinski definition) is 1. The number of aryl methyl sites for hydroxylation is 1. The van der Waals surface area contributed by atoms with E-state index in [1.54, 1.807) is 13.0 Å². The van der Waals surface area contributed by atoms with Gasteiger partial charge in [-0.25, -0.2) is 8.42 Å². The molecule has 0 spiro atoms. The van der Waals surface area contributed by atoms with Crippen molar-refractivity contribution in [3.8, 4) is 0 Å². The first kappa shape index (κ1) is 18.3. The molecule has 0 saturated heterocycles. The Morgan fingerprint density at radius 3 is 2.35 bits per heavy atom. The Hall–Kier alpha value is -1.08. The van der Waals surface area contributed by atoms with E-state index in [9.17, 15) is 13.2 Å². The second-order valence-corrected chi connectivity index (χ2v) is 8.67. The fourth-order valence-electron chi connectivity index (χ4n) is 1.97. The topological polar surface area (TPSA) is 63.2 Å². The molecule has 23 heavy (non-hydrogen) atoms. The molecule has 0 unspecified atom stereocenters. The maximum atomic E-state index is 12.4. The van der Waals surface area contributed by atoms with Crippen molar-refractivity contribution in [3.63, 3.8) is 0 Å². The van der Waals surface area contributed by atoms with Gasteiger partial charge in [0.25, 0.3) is 5.91 Å². The SMILES string of the molecule is Cc1cc(Br)cc(Cl)c1NC(=O)c1ccc(Cl)c(S(C)(=O)=O)c1. The number of halogens is 3. The van der Waals surface area contributed by atoms with Crippen LogP contribution in [0, 0.1) is 6.92 Å². The van der Waals surface area contributed by atoms with Gasteiger partial charge >= 0.3 is 0 Å². The van der Waals surface area contributed by atoms with Crippen LogP contribution in [0.25, 0.3) is 0 Å². The third-order valence-corrected chi connectivity index (χ3v) is 5.42. The minimum Gasteiger partial charge on any atom is -0.320 e. The molecule has 0 aliphatic rings. The van der Waals surface area contributed by atoms with Gasteiger partial charge in [0.05, 0.1) is 20.6 Å². The fourth-order valence-corrected chi connectivity index (χ4v) is 4.29. The molecule has 0 aromatic heterocycles. The molecular weight excluding hydrogens is 425 g/mol. The third-order valence-electron chi connectivity index (χ3n) is 3.08. The quantitative estimate of drug-likeness (QED) is 0.756. The zero-order valence-electron chi connectivity index (χ0n) is 12.2. The highest BCUT2D eigenvalue weighted by atomic mass is 79.9. The summed E-state index contributed by atoms with van der Waals surface area (Å²) in [5, 5.41) is 3.14. The van der Waals surface area contributed by atoms with E-state index < -0.39 is 15.7 Å². The monoisotopic (exact) mass is 435 g/mol.